The molecule has 0 bridgehead atoms. The lowest BCUT2D eigenvalue weighted by atomic mass is 10.1. The van der Waals surface area contributed by atoms with E-state index in [1.165, 1.54) is 6.26 Å². The van der Waals surface area contributed by atoms with E-state index in [0.29, 0.717) is 17.9 Å². The van der Waals surface area contributed by atoms with Gasteiger partial charge in [-0.25, -0.2) is 0 Å². The van der Waals surface area contributed by atoms with Crippen LogP contribution in [-0.4, -0.2) is 33.4 Å². The van der Waals surface area contributed by atoms with Crippen LogP contribution in [0.5, 0.6) is 5.75 Å². The van der Waals surface area contributed by atoms with Crippen molar-refractivity contribution in [1.82, 2.24) is 15.1 Å². The summed E-state index contributed by atoms with van der Waals surface area (Å²) >= 11 is 0. The Morgan fingerprint density at radius 2 is 2.26 bits per heavy atom. The van der Waals surface area contributed by atoms with Gasteiger partial charge in [0.2, 0.25) is 0 Å². The van der Waals surface area contributed by atoms with E-state index in [-0.39, 0.29) is 18.6 Å². The quantitative estimate of drug-likeness (QED) is 0.809. The lowest BCUT2D eigenvalue weighted by Gasteiger charge is -2.17. The monoisotopic (exact) mass is 321 g/mol. The number of hydrogen-bond acceptors (Lipinski definition) is 5. The number of nitrogens with zero attached hydrogens (tertiary/aromatic N) is 2. The fraction of sp³-hybridized carbons (Fsp3) is 0.500. The third kappa shape index (κ3) is 4.35. The van der Waals surface area contributed by atoms with Gasteiger partial charge < -0.3 is 19.6 Å². The Balaban J connectivity index is 1.80. The first-order chi connectivity index (χ1) is 10.9. The van der Waals surface area contributed by atoms with Crippen LogP contribution in [0.25, 0.3) is 0 Å². The number of amides is 1. The number of nitrogens with one attached hydrogen (secondary N) is 1. The van der Waals surface area contributed by atoms with Gasteiger partial charge in [0.25, 0.3) is 5.91 Å². The third-order valence-electron chi connectivity index (χ3n) is 3.65. The molecule has 2 aromatic heterocycles. The predicted molar refractivity (Wildman–Crippen MR) is 84.1 cm³/mol. The average Bonchev–Trinajstić information content (AvgIpc) is 3.07. The van der Waals surface area contributed by atoms with Crippen LogP contribution in [0.3, 0.4) is 0 Å². The first kappa shape index (κ1) is 17.1. The first-order valence-electron chi connectivity index (χ1n) is 7.52. The SMILES string of the molecule is Cc1nn(C)c(C)c1OCC(=O)NC(C)CC(O)c1ccco1. The van der Waals surface area contributed by atoms with Crippen molar-refractivity contribution in [2.24, 2.45) is 7.05 Å². The van der Waals surface area contributed by atoms with Crippen LogP contribution >= 0.6 is 0 Å². The molecule has 0 radical (unpaired) electrons. The van der Waals surface area contributed by atoms with Gasteiger partial charge >= 0.3 is 0 Å². The number of aliphatic hydroxyl groups excluding tert-OH is 1. The molecule has 23 heavy (non-hydrogen) atoms. The molecule has 2 N–H and O–H groups in total. The second-order valence-corrected chi connectivity index (χ2v) is 5.65. The van der Waals surface area contributed by atoms with Gasteiger partial charge in [0.15, 0.2) is 12.4 Å². The highest BCUT2D eigenvalue weighted by Crippen LogP contribution is 2.21. The lowest BCUT2D eigenvalue weighted by Crippen LogP contribution is -2.37. The van der Waals surface area contributed by atoms with E-state index >= 15 is 0 Å². The van der Waals surface area contributed by atoms with Gasteiger partial charge in [-0.05, 0) is 32.9 Å². The van der Waals surface area contributed by atoms with Crippen LogP contribution in [0.15, 0.2) is 22.8 Å². The molecule has 7 heteroatoms. The van der Waals surface area contributed by atoms with Gasteiger partial charge in [-0.2, -0.15) is 5.10 Å². The van der Waals surface area contributed by atoms with E-state index in [2.05, 4.69) is 10.4 Å². The minimum atomic E-state index is -0.746. The summed E-state index contributed by atoms with van der Waals surface area (Å²) < 4.78 is 12.4. The molecule has 2 unspecified atom stereocenters. The Morgan fingerprint density at radius 1 is 1.52 bits per heavy atom. The molecule has 0 aliphatic heterocycles. The topological polar surface area (TPSA) is 89.5 Å². The summed E-state index contributed by atoms with van der Waals surface area (Å²) in [5, 5.41) is 17.0. The minimum Gasteiger partial charge on any atom is -0.480 e. The molecule has 2 aromatic rings. The van der Waals surface area contributed by atoms with Crippen LogP contribution in [0.4, 0.5) is 0 Å². The molecular weight excluding hydrogens is 298 g/mol. The number of rotatable bonds is 7. The maximum atomic E-state index is 12.0. The molecule has 0 saturated heterocycles. The molecule has 7 nitrogen and oxygen atoms in total. The normalized spacial score (nSPS) is 13.6. The van der Waals surface area contributed by atoms with Crippen LogP contribution in [-0.2, 0) is 11.8 Å². The van der Waals surface area contributed by atoms with Gasteiger partial charge in [0.1, 0.15) is 17.6 Å². The average molecular weight is 321 g/mol. The summed E-state index contributed by atoms with van der Waals surface area (Å²) in [5.41, 5.74) is 1.62. The predicted octanol–water partition coefficient (Wildman–Crippen LogP) is 1.64. The molecule has 2 heterocycles. The van der Waals surface area contributed by atoms with Crippen molar-refractivity contribution < 1.29 is 19.1 Å². The summed E-state index contributed by atoms with van der Waals surface area (Å²) in [5.74, 6) is 0.877. The maximum Gasteiger partial charge on any atom is 0.258 e. The van der Waals surface area contributed by atoms with E-state index in [9.17, 15) is 9.90 Å². The number of carbonyl (C=O) groups excluding carboxylic acids is 1. The van der Waals surface area contributed by atoms with Crippen LogP contribution in [0.1, 0.15) is 36.6 Å². The largest absolute Gasteiger partial charge is 0.480 e. The van der Waals surface area contributed by atoms with Gasteiger partial charge in [0.05, 0.1) is 12.0 Å². The minimum absolute atomic E-state index is 0.0887. The number of carbonyl (C=O) groups is 1. The van der Waals surface area contributed by atoms with Crippen molar-refractivity contribution in [3.8, 4) is 5.75 Å². The molecule has 2 atom stereocenters. The van der Waals surface area contributed by atoms with E-state index in [1.54, 1.807) is 16.8 Å². The fourth-order valence-corrected chi connectivity index (χ4v) is 2.41. The Kier molecular flexibility index (Phi) is 5.44. The zero-order chi connectivity index (χ0) is 17.0. The Bertz CT molecular complexity index is 649. The summed E-state index contributed by atoms with van der Waals surface area (Å²) in [4.78, 5) is 12.0. The molecule has 1 amide bonds. The second-order valence-electron chi connectivity index (χ2n) is 5.65. The van der Waals surface area contributed by atoms with Gasteiger partial charge in [0, 0.05) is 19.5 Å². The van der Waals surface area contributed by atoms with Crippen molar-refractivity contribution in [2.45, 2.75) is 39.3 Å². The Labute approximate surface area is 135 Å². The first-order valence-corrected chi connectivity index (χ1v) is 7.52. The van der Waals surface area contributed by atoms with E-state index < -0.39 is 6.10 Å². The van der Waals surface area contributed by atoms with Crippen LogP contribution < -0.4 is 10.1 Å². The number of hydrogen-bond donors (Lipinski definition) is 2. The molecule has 0 saturated carbocycles. The number of aromatic nitrogens is 2. The Morgan fingerprint density at radius 3 is 2.83 bits per heavy atom. The number of aryl methyl sites for hydroxylation is 2. The second kappa shape index (κ2) is 7.32. The number of ether oxygens (including phenoxy) is 1. The standard InChI is InChI=1S/C16H23N3O4/c1-10(8-13(20)14-6-5-7-22-14)17-15(21)9-23-16-11(2)18-19(4)12(16)3/h5-7,10,13,20H,8-9H2,1-4H3,(H,17,21). The van der Waals surface area contributed by atoms with Crippen molar-refractivity contribution in [3.05, 3.63) is 35.5 Å². The molecule has 0 spiro atoms. The van der Waals surface area contributed by atoms with E-state index in [1.807, 2.05) is 27.8 Å². The number of furan rings is 1. The highest BCUT2D eigenvalue weighted by molar-refractivity contribution is 5.77. The summed E-state index contributed by atoms with van der Waals surface area (Å²) in [6, 6.07) is 3.21. The van der Waals surface area contributed by atoms with Crippen molar-refractivity contribution in [3.63, 3.8) is 0 Å². The molecule has 2 rings (SSSR count). The van der Waals surface area contributed by atoms with Crippen molar-refractivity contribution >= 4 is 5.91 Å². The maximum absolute atomic E-state index is 12.0. The zero-order valence-corrected chi connectivity index (χ0v) is 13.9. The fourth-order valence-electron chi connectivity index (χ4n) is 2.41. The highest BCUT2D eigenvalue weighted by Gasteiger charge is 2.17. The molecule has 0 aliphatic carbocycles. The van der Waals surface area contributed by atoms with E-state index in [4.69, 9.17) is 9.15 Å². The van der Waals surface area contributed by atoms with Crippen LogP contribution in [0.2, 0.25) is 0 Å². The van der Waals surface area contributed by atoms with Crippen molar-refractivity contribution in [1.29, 1.82) is 0 Å². The van der Waals surface area contributed by atoms with Gasteiger partial charge in [-0.3, -0.25) is 9.48 Å². The molecule has 0 fully saturated rings. The molecule has 126 valence electrons. The smallest absolute Gasteiger partial charge is 0.258 e. The molecule has 0 aliphatic rings. The third-order valence-corrected chi connectivity index (χ3v) is 3.65. The van der Waals surface area contributed by atoms with Crippen molar-refractivity contribution in [2.75, 3.05) is 6.61 Å². The summed E-state index contributed by atoms with van der Waals surface area (Å²) in [7, 11) is 1.83. The molecular formula is C16H23N3O4. The van der Waals surface area contributed by atoms with Gasteiger partial charge in [-0.1, -0.05) is 0 Å². The van der Waals surface area contributed by atoms with Crippen LogP contribution in [0, 0.1) is 13.8 Å². The molecule has 0 aromatic carbocycles. The highest BCUT2D eigenvalue weighted by atomic mass is 16.5. The van der Waals surface area contributed by atoms with E-state index in [0.717, 1.165) is 11.4 Å². The Hall–Kier alpha value is -2.28. The summed E-state index contributed by atoms with van der Waals surface area (Å²) in [6.07, 6.45) is 1.13. The lowest BCUT2D eigenvalue weighted by molar-refractivity contribution is -0.123. The van der Waals surface area contributed by atoms with Gasteiger partial charge in [-0.15, -0.1) is 0 Å². The number of aliphatic hydroxyl groups is 1. The summed E-state index contributed by atoms with van der Waals surface area (Å²) in [6.45, 7) is 5.46. The zero-order valence-electron chi connectivity index (χ0n) is 13.9.